The van der Waals surface area contributed by atoms with Crippen molar-refractivity contribution in [2.24, 2.45) is 0 Å². The first-order chi connectivity index (χ1) is 9.78. The number of amides is 1. The molecule has 0 aromatic carbocycles. The molecule has 6 nitrogen and oxygen atoms in total. The average Bonchev–Trinajstić information content (AvgIpc) is 2.49. The quantitative estimate of drug-likeness (QED) is 0.541. The van der Waals surface area contributed by atoms with Gasteiger partial charge in [0.25, 0.3) is 0 Å². The van der Waals surface area contributed by atoms with Crippen molar-refractivity contribution < 1.29 is 14.3 Å². The largest absolute Gasteiger partial charge is 0.446 e. The molecule has 2 N–H and O–H groups in total. The zero-order valence-corrected chi connectivity index (χ0v) is 13.9. The lowest BCUT2D eigenvalue weighted by atomic mass is 9.94. The molecule has 1 heterocycles. The number of halogens is 1. The van der Waals surface area contributed by atoms with Gasteiger partial charge in [-0.15, -0.1) is 0 Å². The first-order valence-electron chi connectivity index (χ1n) is 7.38. The van der Waals surface area contributed by atoms with E-state index in [-0.39, 0.29) is 12.2 Å². The lowest BCUT2D eigenvalue weighted by molar-refractivity contribution is 0.0371. The Morgan fingerprint density at radius 3 is 2.60 bits per heavy atom. The summed E-state index contributed by atoms with van der Waals surface area (Å²) < 4.78 is 14.0. The Morgan fingerprint density at radius 1 is 1.25 bits per heavy atom. The van der Waals surface area contributed by atoms with Crippen LogP contribution < -0.4 is 8.85 Å². The highest BCUT2D eigenvalue weighted by molar-refractivity contribution is 14.1. The van der Waals surface area contributed by atoms with E-state index in [1.165, 1.54) is 0 Å². The highest BCUT2D eigenvalue weighted by Crippen LogP contribution is 2.21. The molecule has 1 aliphatic heterocycles. The summed E-state index contributed by atoms with van der Waals surface area (Å²) in [5.74, 6) is 0. The van der Waals surface area contributed by atoms with Crippen LogP contribution in [0.25, 0.3) is 0 Å². The zero-order valence-electron chi connectivity index (χ0n) is 11.8. The van der Waals surface area contributed by atoms with Gasteiger partial charge in [-0.1, -0.05) is 0 Å². The van der Waals surface area contributed by atoms with Gasteiger partial charge in [0.1, 0.15) is 6.10 Å². The lowest BCUT2D eigenvalue weighted by Gasteiger charge is -2.28. The minimum absolute atomic E-state index is 0.0828. The summed E-state index contributed by atoms with van der Waals surface area (Å²) in [6, 6.07) is 0.569. The van der Waals surface area contributed by atoms with Crippen LogP contribution in [-0.2, 0) is 9.47 Å². The van der Waals surface area contributed by atoms with E-state index >= 15 is 0 Å². The van der Waals surface area contributed by atoms with E-state index in [1.807, 2.05) is 0 Å². The van der Waals surface area contributed by atoms with Crippen molar-refractivity contribution >= 4 is 29.0 Å². The van der Waals surface area contributed by atoms with Crippen LogP contribution in [0.15, 0.2) is 0 Å². The van der Waals surface area contributed by atoms with Crippen LogP contribution in [0.4, 0.5) is 4.79 Å². The summed E-state index contributed by atoms with van der Waals surface area (Å²) in [5.41, 5.74) is 0. The molecule has 1 saturated heterocycles. The summed E-state index contributed by atoms with van der Waals surface area (Å²) in [7, 11) is 0. The number of hydrogen-bond donors (Lipinski definition) is 2. The molecule has 0 unspecified atom stereocenters. The van der Waals surface area contributed by atoms with Crippen LogP contribution in [0.3, 0.4) is 0 Å². The van der Waals surface area contributed by atoms with Crippen LogP contribution in [0, 0.1) is 0 Å². The lowest BCUT2D eigenvalue weighted by Crippen LogP contribution is -2.42. The van der Waals surface area contributed by atoms with Gasteiger partial charge in [-0.05, 0) is 25.7 Å². The smallest absolute Gasteiger partial charge is 0.407 e. The maximum atomic E-state index is 11.7. The fourth-order valence-electron chi connectivity index (χ4n) is 2.62. The fraction of sp³-hybridized carbons (Fsp3) is 0.923. The van der Waals surface area contributed by atoms with Crippen molar-refractivity contribution in [3.63, 3.8) is 0 Å². The Bertz CT molecular complexity index is 293. The molecule has 2 rings (SSSR count). The van der Waals surface area contributed by atoms with Gasteiger partial charge in [-0.3, -0.25) is 8.43 Å². The second-order valence-electron chi connectivity index (χ2n) is 5.37. The molecule has 20 heavy (non-hydrogen) atoms. The number of morpholine rings is 1. The first kappa shape index (κ1) is 16.3. The van der Waals surface area contributed by atoms with Gasteiger partial charge in [0.2, 0.25) is 0 Å². The van der Waals surface area contributed by atoms with E-state index in [0.29, 0.717) is 12.6 Å². The number of rotatable bonds is 5. The molecule has 0 aromatic rings. The van der Waals surface area contributed by atoms with Crippen LogP contribution in [0.1, 0.15) is 25.7 Å². The summed E-state index contributed by atoms with van der Waals surface area (Å²) in [6.07, 6.45) is 3.88. The molecule has 0 bridgehead atoms. The van der Waals surface area contributed by atoms with Crippen LogP contribution in [0.2, 0.25) is 0 Å². The number of nitrogens with zero attached hydrogens (tertiary/aromatic N) is 1. The van der Waals surface area contributed by atoms with Crippen molar-refractivity contribution in [2.75, 3.05) is 39.4 Å². The van der Waals surface area contributed by atoms with Crippen molar-refractivity contribution in [1.82, 2.24) is 13.7 Å². The number of alkyl carbamates (subject to hydrolysis) is 1. The van der Waals surface area contributed by atoms with Crippen molar-refractivity contribution in [3.05, 3.63) is 0 Å². The third-order valence-electron chi connectivity index (χ3n) is 3.90. The number of ether oxygens (including phenoxy) is 2. The molecule has 0 radical (unpaired) electrons. The molecule has 0 atom stereocenters. The maximum absolute atomic E-state index is 11.7. The Balaban J connectivity index is 1.54. The van der Waals surface area contributed by atoms with Gasteiger partial charge in [0.05, 0.1) is 13.2 Å². The van der Waals surface area contributed by atoms with E-state index in [9.17, 15) is 4.79 Å². The van der Waals surface area contributed by atoms with Crippen LogP contribution in [0.5, 0.6) is 0 Å². The number of carbonyl (C=O) groups is 1. The molecular formula is C13H24IN3O3. The molecule has 0 aromatic heterocycles. The second-order valence-corrected chi connectivity index (χ2v) is 5.99. The van der Waals surface area contributed by atoms with E-state index in [2.05, 4.69) is 36.6 Å². The van der Waals surface area contributed by atoms with Crippen molar-refractivity contribution in [1.29, 1.82) is 0 Å². The Morgan fingerprint density at radius 2 is 1.95 bits per heavy atom. The Hall–Kier alpha value is -0.120. The normalized spacial score (nSPS) is 28.1. The van der Waals surface area contributed by atoms with E-state index in [4.69, 9.17) is 9.47 Å². The van der Waals surface area contributed by atoms with Gasteiger partial charge in [-0.2, -0.15) is 0 Å². The average molecular weight is 397 g/mol. The SMILES string of the molecule is O=C(NCCN1CCOCC1)OC1CCC(NI)CC1. The molecule has 0 spiro atoms. The van der Waals surface area contributed by atoms with Gasteiger partial charge >= 0.3 is 6.09 Å². The topological polar surface area (TPSA) is 62.8 Å². The standard InChI is InChI=1S/C13H24IN3O3/c14-16-11-1-3-12(4-2-11)20-13(18)15-5-6-17-7-9-19-10-8-17/h11-12,16H,1-10H2,(H,15,18). The predicted octanol–water partition coefficient (Wildman–Crippen LogP) is 1.30. The Labute approximate surface area is 134 Å². The number of carbonyl (C=O) groups excluding carboxylic acids is 1. The van der Waals surface area contributed by atoms with Crippen LogP contribution >= 0.6 is 22.9 Å². The highest BCUT2D eigenvalue weighted by Gasteiger charge is 2.23. The molecule has 2 fully saturated rings. The summed E-state index contributed by atoms with van der Waals surface area (Å²) >= 11 is 2.20. The number of hydrogen-bond acceptors (Lipinski definition) is 5. The molecule has 1 saturated carbocycles. The summed E-state index contributed by atoms with van der Waals surface area (Å²) in [4.78, 5) is 14.0. The van der Waals surface area contributed by atoms with Crippen molar-refractivity contribution in [3.8, 4) is 0 Å². The molecule has 2 aliphatic rings. The minimum atomic E-state index is -0.274. The third-order valence-corrected chi connectivity index (χ3v) is 4.78. The highest BCUT2D eigenvalue weighted by atomic mass is 127. The minimum Gasteiger partial charge on any atom is -0.446 e. The van der Waals surface area contributed by atoms with Gasteiger partial charge in [-0.25, -0.2) is 4.79 Å². The maximum Gasteiger partial charge on any atom is 0.407 e. The molecular weight excluding hydrogens is 373 g/mol. The van der Waals surface area contributed by atoms with E-state index < -0.39 is 0 Å². The monoisotopic (exact) mass is 397 g/mol. The van der Waals surface area contributed by atoms with Crippen LogP contribution in [-0.4, -0.2) is 62.5 Å². The zero-order chi connectivity index (χ0) is 14.2. The number of nitrogens with one attached hydrogen (secondary N) is 2. The summed E-state index contributed by atoms with van der Waals surface area (Å²) in [5, 5.41) is 2.84. The Kier molecular flexibility index (Phi) is 7.32. The van der Waals surface area contributed by atoms with Gasteiger partial charge < -0.3 is 14.8 Å². The first-order valence-corrected chi connectivity index (χ1v) is 8.46. The van der Waals surface area contributed by atoms with Crippen molar-refractivity contribution in [2.45, 2.75) is 37.8 Å². The molecule has 116 valence electrons. The molecule has 7 heteroatoms. The fourth-order valence-corrected chi connectivity index (χ4v) is 3.25. The van der Waals surface area contributed by atoms with E-state index in [1.54, 1.807) is 0 Å². The predicted molar refractivity (Wildman–Crippen MR) is 84.9 cm³/mol. The van der Waals surface area contributed by atoms with Gasteiger partial charge in [0.15, 0.2) is 0 Å². The third kappa shape index (κ3) is 5.71. The second kappa shape index (κ2) is 9.01. The van der Waals surface area contributed by atoms with E-state index in [0.717, 1.165) is 58.5 Å². The van der Waals surface area contributed by atoms with Gasteiger partial charge in [0, 0.05) is 55.1 Å². The summed E-state index contributed by atoms with van der Waals surface area (Å²) in [6.45, 7) is 4.98. The molecule has 1 aliphatic carbocycles. The molecule has 1 amide bonds.